The van der Waals surface area contributed by atoms with Crippen LogP contribution in [0.25, 0.3) is 0 Å². The van der Waals surface area contributed by atoms with Gasteiger partial charge in [-0.05, 0) is 58.0 Å². The van der Waals surface area contributed by atoms with E-state index in [1.165, 1.54) is 7.11 Å². The maximum absolute atomic E-state index is 13.4. The van der Waals surface area contributed by atoms with Crippen LogP contribution >= 0.6 is 0 Å². The molecule has 0 aromatic heterocycles. The van der Waals surface area contributed by atoms with Crippen molar-refractivity contribution < 1.29 is 58.6 Å². The van der Waals surface area contributed by atoms with Gasteiger partial charge in [0.15, 0.2) is 11.5 Å². The number of amides is 2. The first kappa shape index (κ1) is 36.1. The number of allylic oxidation sites excluding steroid dienone is 1. The highest BCUT2D eigenvalue weighted by atomic mass is 16.6. The van der Waals surface area contributed by atoms with Crippen LogP contribution in [0.2, 0.25) is 0 Å². The highest BCUT2D eigenvalue weighted by Gasteiger charge is 2.61. The van der Waals surface area contributed by atoms with E-state index < -0.39 is 53.4 Å². The number of nitrogens with zero attached hydrogens (tertiary/aromatic N) is 1. The van der Waals surface area contributed by atoms with Gasteiger partial charge in [-0.3, -0.25) is 14.4 Å². The number of hydrogen-bond acceptors (Lipinski definition) is 11. The summed E-state index contributed by atoms with van der Waals surface area (Å²) in [6.45, 7) is 3.86. The molecule has 15 heteroatoms. The average Bonchev–Trinajstić information content (AvgIpc) is 2.99. The molecule has 15 nitrogen and oxygen atoms in total. The lowest BCUT2D eigenvalue weighted by atomic mass is 9.54. The van der Waals surface area contributed by atoms with E-state index in [0.29, 0.717) is 24.1 Å². The molecular weight excluding hydrogens is 606 g/mol. The van der Waals surface area contributed by atoms with Crippen LogP contribution in [0.3, 0.4) is 0 Å². The van der Waals surface area contributed by atoms with Gasteiger partial charge in [-0.2, -0.15) is 0 Å². The third-order valence-corrected chi connectivity index (χ3v) is 8.92. The number of phenolic OH excluding ortho intramolecular Hbond substituents is 1. The van der Waals surface area contributed by atoms with E-state index in [0.717, 1.165) is 0 Å². The molecular formula is C31H43N3O12. The van der Waals surface area contributed by atoms with E-state index in [4.69, 9.17) is 19.3 Å². The number of alkyl carbamates (subject to hydrolysis) is 1. The predicted octanol–water partition coefficient (Wildman–Crippen LogP) is 1.56. The lowest BCUT2D eigenvalue weighted by Gasteiger charge is -2.59. The number of rotatable bonds is 14. The molecule has 0 bridgehead atoms. The standard InChI is InChI=1S/C31H43N3O12/c1-18-5-7-22(44-4)27(40)26(18)30-13-15-34(3)19(2)31(30,43)12-11-20(17-30)46-28(41)21(6-9-24(36)37)33-29(42)45-16-14-32-23(35)8-10-25(38)39/h5,7,11,19,21,40,43H,6,8-10,12-17H2,1-4H3,(H,32,35)(H,33,42)(H,36,37)(H,38,39)/t19?,21?,30-,31-/m1/s1. The van der Waals surface area contributed by atoms with Crippen molar-refractivity contribution in [2.75, 3.05) is 33.9 Å². The van der Waals surface area contributed by atoms with Crippen LogP contribution in [0.15, 0.2) is 24.0 Å². The maximum Gasteiger partial charge on any atom is 0.407 e. The molecule has 46 heavy (non-hydrogen) atoms. The fourth-order valence-corrected chi connectivity index (χ4v) is 6.28. The van der Waals surface area contributed by atoms with Crippen molar-refractivity contribution in [1.29, 1.82) is 0 Å². The molecule has 1 aliphatic carbocycles. The predicted molar refractivity (Wildman–Crippen MR) is 161 cm³/mol. The fourth-order valence-electron chi connectivity index (χ4n) is 6.28. The Morgan fingerprint density at radius 2 is 1.80 bits per heavy atom. The number of phenols is 1. The van der Waals surface area contributed by atoms with Crippen LogP contribution in [0, 0.1) is 6.92 Å². The van der Waals surface area contributed by atoms with E-state index >= 15 is 0 Å². The van der Waals surface area contributed by atoms with Crippen LogP contribution in [0.1, 0.15) is 63.0 Å². The van der Waals surface area contributed by atoms with Gasteiger partial charge in [0.05, 0.1) is 25.7 Å². The molecule has 1 saturated heterocycles. The number of fused-ring (bicyclic) bond motifs is 1. The minimum atomic E-state index is -1.41. The molecule has 6 N–H and O–H groups in total. The second-order valence-corrected chi connectivity index (χ2v) is 11.7. The van der Waals surface area contributed by atoms with Crippen LogP contribution < -0.4 is 15.4 Å². The van der Waals surface area contributed by atoms with Gasteiger partial charge in [-0.25, -0.2) is 9.59 Å². The summed E-state index contributed by atoms with van der Waals surface area (Å²) < 4.78 is 16.1. The van der Waals surface area contributed by atoms with Gasteiger partial charge in [-0.15, -0.1) is 0 Å². The summed E-state index contributed by atoms with van der Waals surface area (Å²) in [5.41, 5.74) is -1.28. The Morgan fingerprint density at radius 1 is 1.11 bits per heavy atom. The monoisotopic (exact) mass is 649 g/mol. The summed E-state index contributed by atoms with van der Waals surface area (Å²) in [7, 11) is 3.33. The normalized spacial score (nSPS) is 23.2. The molecule has 1 aromatic carbocycles. The Labute approximate surface area is 266 Å². The van der Waals surface area contributed by atoms with Crippen molar-refractivity contribution in [3.63, 3.8) is 0 Å². The fraction of sp³-hybridized carbons (Fsp3) is 0.581. The van der Waals surface area contributed by atoms with E-state index in [2.05, 4.69) is 10.6 Å². The lowest BCUT2D eigenvalue weighted by Crippen LogP contribution is -2.68. The maximum atomic E-state index is 13.4. The number of piperidine rings is 1. The van der Waals surface area contributed by atoms with Crippen molar-refractivity contribution in [1.82, 2.24) is 15.5 Å². The molecule has 1 aliphatic heterocycles. The van der Waals surface area contributed by atoms with Crippen molar-refractivity contribution in [3.8, 4) is 11.5 Å². The van der Waals surface area contributed by atoms with Gasteiger partial charge in [-0.1, -0.05) is 6.07 Å². The smallest absolute Gasteiger partial charge is 0.407 e. The number of carbonyl (C=O) groups is 5. The molecule has 0 radical (unpaired) electrons. The zero-order chi connectivity index (χ0) is 34.2. The van der Waals surface area contributed by atoms with Gasteiger partial charge >= 0.3 is 24.0 Å². The second kappa shape index (κ2) is 15.3. The summed E-state index contributed by atoms with van der Waals surface area (Å²) in [5, 5.41) is 46.2. The number of esters is 1. The Balaban J connectivity index is 1.79. The molecule has 254 valence electrons. The molecule has 1 aromatic rings. The van der Waals surface area contributed by atoms with Gasteiger partial charge < -0.3 is 50.2 Å². The molecule has 1 heterocycles. The first-order valence-electron chi connectivity index (χ1n) is 15.0. The van der Waals surface area contributed by atoms with E-state index in [9.17, 15) is 39.3 Å². The molecule has 0 spiro atoms. The number of nitrogens with one attached hydrogen (secondary N) is 2. The van der Waals surface area contributed by atoms with Crippen molar-refractivity contribution in [2.24, 2.45) is 0 Å². The summed E-state index contributed by atoms with van der Waals surface area (Å²) in [6, 6.07) is 1.67. The number of aliphatic hydroxyl groups is 1. The summed E-state index contributed by atoms with van der Waals surface area (Å²) >= 11 is 0. The number of likely N-dealkylation sites (N-methyl/N-ethyl adjacent to an activating group) is 1. The minimum absolute atomic E-state index is 0.0205. The molecule has 2 aliphatic rings. The summed E-state index contributed by atoms with van der Waals surface area (Å²) in [4.78, 5) is 61.3. The highest BCUT2D eigenvalue weighted by molar-refractivity contribution is 5.83. The zero-order valence-corrected chi connectivity index (χ0v) is 26.5. The third-order valence-electron chi connectivity index (χ3n) is 8.92. The Kier molecular flexibility index (Phi) is 12.0. The van der Waals surface area contributed by atoms with Gasteiger partial charge in [0.25, 0.3) is 0 Å². The Hall–Kier alpha value is -4.37. The number of hydrogen-bond donors (Lipinski definition) is 6. The molecule has 1 fully saturated rings. The molecule has 2 unspecified atom stereocenters. The first-order valence-corrected chi connectivity index (χ1v) is 15.0. The van der Waals surface area contributed by atoms with Gasteiger partial charge in [0, 0.05) is 42.7 Å². The number of aliphatic carboxylic acids is 2. The number of likely N-dealkylation sites (tertiary alicyclic amines) is 1. The quantitative estimate of drug-likeness (QED) is 0.125. The second-order valence-electron chi connectivity index (χ2n) is 11.7. The van der Waals surface area contributed by atoms with Crippen molar-refractivity contribution >= 4 is 29.9 Å². The summed E-state index contributed by atoms with van der Waals surface area (Å²) in [6.07, 6.45) is -0.343. The van der Waals surface area contributed by atoms with Gasteiger partial charge in [0.2, 0.25) is 5.91 Å². The molecule has 3 rings (SSSR count). The number of benzene rings is 1. The molecule has 4 atom stereocenters. The number of aromatic hydroxyl groups is 1. The number of ether oxygens (including phenoxy) is 3. The number of aryl methyl sites for hydroxylation is 1. The van der Waals surface area contributed by atoms with Gasteiger partial charge in [0.1, 0.15) is 18.4 Å². The minimum Gasteiger partial charge on any atom is -0.504 e. The van der Waals surface area contributed by atoms with E-state index in [-0.39, 0.29) is 68.6 Å². The largest absolute Gasteiger partial charge is 0.504 e. The average molecular weight is 650 g/mol. The number of carboxylic acids is 2. The zero-order valence-electron chi connectivity index (χ0n) is 26.5. The number of methoxy groups -OCH3 is 1. The van der Waals surface area contributed by atoms with Crippen LogP contribution in [0.4, 0.5) is 4.79 Å². The SMILES string of the molecule is COc1ccc(C)c([C@]23CCN(C)C(C)[C@]2(O)CC=C(OC(=O)C(CCC(=O)O)NC(=O)OCCNC(=O)CCC(=O)O)C3)c1O. The first-order chi connectivity index (χ1) is 21.6. The van der Waals surface area contributed by atoms with Crippen molar-refractivity contribution in [2.45, 2.75) is 81.9 Å². The van der Waals surface area contributed by atoms with Crippen molar-refractivity contribution in [3.05, 3.63) is 35.1 Å². The summed E-state index contributed by atoms with van der Waals surface area (Å²) in [5.74, 6) is -3.53. The lowest BCUT2D eigenvalue weighted by molar-refractivity contribution is -0.150. The molecule has 2 amide bonds. The number of carboxylic acid groups (broad SMARTS) is 2. The third kappa shape index (κ3) is 8.07. The van der Waals surface area contributed by atoms with Crippen LogP contribution in [0.5, 0.6) is 11.5 Å². The van der Waals surface area contributed by atoms with E-state index in [1.54, 1.807) is 18.2 Å². The van der Waals surface area contributed by atoms with Crippen LogP contribution in [-0.4, -0.2) is 107 Å². The highest BCUT2D eigenvalue weighted by Crippen LogP contribution is 2.57. The Morgan fingerprint density at radius 3 is 2.46 bits per heavy atom. The molecule has 0 saturated carbocycles. The number of carbonyl (C=O) groups excluding carboxylic acids is 3. The Bertz CT molecular complexity index is 1360. The van der Waals surface area contributed by atoms with Crippen LogP contribution in [-0.2, 0) is 34.1 Å². The van der Waals surface area contributed by atoms with E-state index in [1.807, 2.05) is 25.8 Å². The topological polar surface area (TPSA) is 221 Å².